The molecule has 1 rings (SSSR count). The number of nitrogens with one attached hydrogen (secondary N) is 1. The van der Waals surface area contributed by atoms with Gasteiger partial charge in [-0.1, -0.05) is 33.9 Å². The number of carbonyl (C=O) groups is 2. The molecular weight excluding hydrogens is 298 g/mol. The van der Waals surface area contributed by atoms with Crippen molar-refractivity contribution in [3.63, 3.8) is 0 Å². The number of carboxylic acid groups (broad SMARTS) is 1. The third kappa shape index (κ3) is 5.15. The Hall–Kier alpha value is -1.32. The first-order valence-corrected chi connectivity index (χ1v) is 10.7. The molecular formula is C16H27NO4Si. The Kier molecular flexibility index (Phi) is 6.21. The second kappa shape index (κ2) is 7.29. The number of ether oxygens (including phenoxy) is 1. The quantitative estimate of drug-likeness (QED) is 0.612. The number of amides is 1. The van der Waals surface area contributed by atoms with E-state index >= 15 is 0 Å². The van der Waals surface area contributed by atoms with Crippen molar-refractivity contribution in [1.82, 2.24) is 5.32 Å². The summed E-state index contributed by atoms with van der Waals surface area (Å²) < 4.78 is 5.15. The highest BCUT2D eigenvalue weighted by molar-refractivity contribution is 6.87. The molecule has 1 amide bonds. The first kappa shape index (κ1) is 18.7. The Balaban J connectivity index is 2.66. The van der Waals surface area contributed by atoms with Crippen molar-refractivity contribution in [3.8, 4) is 11.5 Å². The number of rotatable bonds is 4. The summed E-state index contributed by atoms with van der Waals surface area (Å²) in [7, 11) is -1.76. The number of hydrogen-bond acceptors (Lipinski definition) is 3. The van der Waals surface area contributed by atoms with Gasteiger partial charge in [-0.05, 0) is 11.5 Å². The number of carboxylic acids is 1. The first-order valence-electron chi connectivity index (χ1n) is 7.65. The van der Waals surface area contributed by atoms with Crippen LogP contribution in [0.4, 0.5) is 0 Å². The lowest BCUT2D eigenvalue weighted by molar-refractivity contribution is -0.142. The highest BCUT2D eigenvalue weighted by Crippen LogP contribution is 2.35. The van der Waals surface area contributed by atoms with Gasteiger partial charge in [0.1, 0.15) is 14.1 Å². The molecule has 22 heavy (non-hydrogen) atoms. The average molecular weight is 325 g/mol. The molecule has 5 nitrogen and oxygen atoms in total. The van der Waals surface area contributed by atoms with Gasteiger partial charge in [0.25, 0.3) is 0 Å². The standard InChI is InChI=1S/C16H27NO4Si/c1-16(2,3)22(4,5)10-6-7-13(15(19)20)17-14(18)12-8-9-21-11-12/h12-13H,7-9,11H2,1-5H3,(H,17,18)(H,19,20)/t12-,13-/m0/s1. The van der Waals surface area contributed by atoms with E-state index in [2.05, 4.69) is 50.6 Å². The van der Waals surface area contributed by atoms with Crippen LogP contribution in [0, 0.1) is 17.4 Å². The molecule has 0 unspecified atom stereocenters. The maximum atomic E-state index is 12.0. The summed E-state index contributed by atoms with van der Waals surface area (Å²) in [5.74, 6) is 1.46. The van der Waals surface area contributed by atoms with Crippen LogP contribution in [-0.4, -0.2) is 44.3 Å². The molecule has 0 spiro atoms. The van der Waals surface area contributed by atoms with E-state index in [1.807, 2.05) is 0 Å². The van der Waals surface area contributed by atoms with Gasteiger partial charge in [0.15, 0.2) is 0 Å². The van der Waals surface area contributed by atoms with Gasteiger partial charge < -0.3 is 15.2 Å². The SMILES string of the molecule is CC(C)(C)[Si](C)(C)C#CC[C@H](NC(=O)[C@H]1CCOC1)C(=O)O. The van der Waals surface area contributed by atoms with E-state index in [-0.39, 0.29) is 23.3 Å². The highest BCUT2D eigenvalue weighted by Gasteiger charge is 2.34. The number of carbonyl (C=O) groups excluding carboxylic acids is 1. The molecule has 0 bridgehead atoms. The summed E-state index contributed by atoms with van der Waals surface area (Å²) >= 11 is 0. The molecule has 0 aromatic carbocycles. The zero-order valence-corrected chi connectivity index (χ0v) is 15.2. The molecule has 0 aliphatic carbocycles. The first-order chi connectivity index (χ1) is 10.0. The molecule has 2 atom stereocenters. The van der Waals surface area contributed by atoms with Crippen LogP contribution in [0.3, 0.4) is 0 Å². The maximum Gasteiger partial charge on any atom is 0.327 e. The third-order valence-corrected chi connectivity index (χ3v) is 9.05. The predicted octanol–water partition coefficient (Wildman–Crippen LogP) is 2.03. The second-order valence-corrected chi connectivity index (χ2v) is 12.3. The zero-order valence-electron chi connectivity index (χ0n) is 14.2. The van der Waals surface area contributed by atoms with Crippen LogP contribution in [0.15, 0.2) is 0 Å². The van der Waals surface area contributed by atoms with Crippen LogP contribution < -0.4 is 5.32 Å². The Morgan fingerprint density at radius 3 is 2.50 bits per heavy atom. The molecule has 0 aromatic rings. The number of aliphatic carboxylic acids is 1. The van der Waals surface area contributed by atoms with Crippen LogP contribution in [-0.2, 0) is 14.3 Å². The lowest BCUT2D eigenvalue weighted by Gasteiger charge is -2.31. The predicted molar refractivity (Wildman–Crippen MR) is 88.1 cm³/mol. The van der Waals surface area contributed by atoms with Crippen LogP contribution in [0.2, 0.25) is 18.1 Å². The van der Waals surface area contributed by atoms with Gasteiger partial charge in [0, 0.05) is 13.0 Å². The Morgan fingerprint density at radius 1 is 1.41 bits per heavy atom. The van der Waals surface area contributed by atoms with Crippen LogP contribution >= 0.6 is 0 Å². The topological polar surface area (TPSA) is 75.6 Å². The van der Waals surface area contributed by atoms with Crippen molar-refractivity contribution < 1.29 is 19.4 Å². The van der Waals surface area contributed by atoms with Crippen molar-refractivity contribution in [2.75, 3.05) is 13.2 Å². The van der Waals surface area contributed by atoms with E-state index in [1.165, 1.54) is 0 Å². The molecule has 1 fully saturated rings. The fraction of sp³-hybridized carbons (Fsp3) is 0.750. The van der Waals surface area contributed by atoms with Gasteiger partial charge in [0.05, 0.1) is 12.5 Å². The molecule has 1 aliphatic rings. The summed E-state index contributed by atoms with van der Waals surface area (Å²) in [4.78, 5) is 23.3. The largest absolute Gasteiger partial charge is 0.480 e. The molecule has 1 aliphatic heterocycles. The van der Waals surface area contributed by atoms with Gasteiger partial charge >= 0.3 is 5.97 Å². The Labute approximate surface area is 133 Å². The minimum Gasteiger partial charge on any atom is -0.480 e. The maximum absolute atomic E-state index is 12.0. The number of hydrogen-bond donors (Lipinski definition) is 2. The van der Waals surface area contributed by atoms with E-state index < -0.39 is 20.1 Å². The van der Waals surface area contributed by atoms with Crippen molar-refractivity contribution in [1.29, 1.82) is 0 Å². The van der Waals surface area contributed by atoms with Crippen LogP contribution in [0.25, 0.3) is 0 Å². The average Bonchev–Trinajstić information content (AvgIpc) is 2.89. The van der Waals surface area contributed by atoms with Crippen molar-refractivity contribution in [2.24, 2.45) is 5.92 Å². The fourth-order valence-corrected chi connectivity index (χ4v) is 2.71. The lowest BCUT2D eigenvalue weighted by Crippen LogP contribution is -2.43. The van der Waals surface area contributed by atoms with Gasteiger partial charge in [0.2, 0.25) is 5.91 Å². The summed E-state index contributed by atoms with van der Waals surface area (Å²) in [6.45, 7) is 11.7. The van der Waals surface area contributed by atoms with Crippen molar-refractivity contribution >= 4 is 20.0 Å². The molecule has 124 valence electrons. The van der Waals surface area contributed by atoms with E-state index in [4.69, 9.17) is 4.74 Å². The normalized spacial score (nSPS) is 20.0. The van der Waals surface area contributed by atoms with Gasteiger partial charge in [-0.15, -0.1) is 11.5 Å². The van der Waals surface area contributed by atoms with Crippen molar-refractivity contribution in [3.05, 3.63) is 0 Å². The molecule has 1 heterocycles. The van der Waals surface area contributed by atoms with Gasteiger partial charge in [-0.25, -0.2) is 4.79 Å². The Bertz CT molecular complexity index is 479. The molecule has 0 aromatic heterocycles. The van der Waals surface area contributed by atoms with E-state index in [0.717, 1.165) is 0 Å². The molecule has 1 saturated heterocycles. The summed E-state index contributed by atoms with van der Waals surface area (Å²) in [5.41, 5.74) is 3.28. The van der Waals surface area contributed by atoms with E-state index in [9.17, 15) is 14.7 Å². The molecule has 0 radical (unpaired) electrons. The van der Waals surface area contributed by atoms with Crippen LogP contribution in [0.5, 0.6) is 0 Å². The van der Waals surface area contributed by atoms with Gasteiger partial charge in [-0.3, -0.25) is 4.79 Å². The molecule has 6 heteroatoms. The monoisotopic (exact) mass is 325 g/mol. The van der Waals surface area contributed by atoms with Gasteiger partial charge in [-0.2, -0.15) is 0 Å². The second-order valence-electron chi connectivity index (χ2n) is 7.34. The summed E-state index contributed by atoms with van der Waals surface area (Å²) in [6.07, 6.45) is 0.787. The third-order valence-electron chi connectivity index (χ3n) is 4.50. The summed E-state index contributed by atoms with van der Waals surface area (Å²) in [5, 5.41) is 12.0. The Morgan fingerprint density at radius 2 is 2.05 bits per heavy atom. The van der Waals surface area contributed by atoms with Crippen LogP contribution in [0.1, 0.15) is 33.6 Å². The fourth-order valence-electron chi connectivity index (χ4n) is 1.79. The lowest BCUT2D eigenvalue weighted by atomic mass is 10.1. The van der Waals surface area contributed by atoms with E-state index in [1.54, 1.807) is 0 Å². The minimum absolute atomic E-state index is 0.128. The van der Waals surface area contributed by atoms with Crippen molar-refractivity contribution in [2.45, 2.75) is 57.8 Å². The molecule has 2 N–H and O–H groups in total. The summed E-state index contributed by atoms with van der Waals surface area (Å²) in [6, 6.07) is -0.953. The smallest absolute Gasteiger partial charge is 0.327 e. The molecule has 0 saturated carbocycles. The zero-order chi connectivity index (χ0) is 17.0. The highest BCUT2D eigenvalue weighted by atomic mass is 28.3. The minimum atomic E-state index is -1.76. The van der Waals surface area contributed by atoms with E-state index in [0.29, 0.717) is 19.6 Å².